The lowest BCUT2D eigenvalue weighted by molar-refractivity contribution is 0.151. The van der Waals surface area contributed by atoms with Crippen molar-refractivity contribution in [2.45, 2.75) is 20.0 Å². The topological polar surface area (TPSA) is 91.5 Å². The van der Waals surface area contributed by atoms with Crippen molar-refractivity contribution in [1.29, 1.82) is 0 Å². The van der Waals surface area contributed by atoms with Crippen molar-refractivity contribution >= 4 is 0 Å². The summed E-state index contributed by atoms with van der Waals surface area (Å²) in [5.41, 5.74) is 3.07. The number of aryl methyl sites for hydroxylation is 1. The van der Waals surface area contributed by atoms with E-state index in [-0.39, 0.29) is 12.2 Å². The molecular weight excluding hydrogens is 380 g/mol. The molecule has 8 nitrogen and oxygen atoms in total. The molecule has 0 amide bonds. The first-order chi connectivity index (χ1) is 14.1. The standard InChI is InChI=1S/C19H15F2N7O/c1-12-17(28(27-24-12)14-4-2-13(3-5-14)19(20)21)11-29-18-7-6-15(25-26-18)16-10-22-8-9-23-16/h2-10,19H,11H2,1H3. The Morgan fingerprint density at radius 2 is 1.79 bits per heavy atom. The lowest BCUT2D eigenvalue weighted by Gasteiger charge is -2.09. The van der Waals surface area contributed by atoms with Crippen molar-refractivity contribution < 1.29 is 13.5 Å². The zero-order valence-electron chi connectivity index (χ0n) is 15.3. The van der Waals surface area contributed by atoms with Crippen LogP contribution in [-0.2, 0) is 6.61 Å². The molecule has 0 spiro atoms. The van der Waals surface area contributed by atoms with Crippen molar-refractivity contribution in [3.05, 3.63) is 71.9 Å². The van der Waals surface area contributed by atoms with Crippen LogP contribution in [0.4, 0.5) is 8.78 Å². The first-order valence-corrected chi connectivity index (χ1v) is 8.64. The SMILES string of the molecule is Cc1nnn(-c2ccc(C(F)F)cc2)c1COc1ccc(-c2cnccn2)nn1. The van der Waals surface area contributed by atoms with Crippen LogP contribution in [0.25, 0.3) is 17.1 Å². The van der Waals surface area contributed by atoms with E-state index in [0.717, 1.165) is 0 Å². The van der Waals surface area contributed by atoms with Crippen molar-refractivity contribution in [2.75, 3.05) is 0 Å². The second kappa shape index (κ2) is 8.05. The molecule has 29 heavy (non-hydrogen) atoms. The maximum absolute atomic E-state index is 12.8. The Bertz CT molecular complexity index is 1080. The maximum atomic E-state index is 12.8. The monoisotopic (exact) mass is 395 g/mol. The van der Waals surface area contributed by atoms with E-state index in [1.54, 1.807) is 54.5 Å². The van der Waals surface area contributed by atoms with Gasteiger partial charge in [-0.25, -0.2) is 13.5 Å². The molecule has 0 saturated carbocycles. The quantitative estimate of drug-likeness (QED) is 0.494. The van der Waals surface area contributed by atoms with E-state index < -0.39 is 6.43 Å². The van der Waals surface area contributed by atoms with E-state index in [1.807, 2.05) is 0 Å². The van der Waals surface area contributed by atoms with Gasteiger partial charge in [0.05, 0.1) is 17.6 Å². The summed E-state index contributed by atoms with van der Waals surface area (Å²) in [6.45, 7) is 1.92. The zero-order chi connectivity index (χ0) is 20.2. The second-order valence-electron chi connectivity index (χ2n) is 6.06. The summed E-state index contributed by atoms with van der Waals surface area (Å²) < 4.78 is 32.8. The van der Waals surface area contributed by atoms with Crippen LogP contribution in [0.15, 0.2) is 55.0 Å². The minimum Gasteiger partial charge on any atom is -0.470 e. The Balaban J connectivity index is 1.50. The molecule has 0 unspecified atom stereocenters. The van der Waals surface area contributed by atoms with Crippen LogP contribution >= 0.6 is 0 Å². The normalized spacial score (nSPS) is 11.0. The molecule has 1 aromatic carbocycles. The number of benzene rings is 1. The van der Waals surface area contributed by atoms with E-state index in [1.165, 1.54) is 12.1 Å². The molecule has 4 aromatic rings. The van der Waals surface area contributed by atoms with Gasteiger partial charge in [0.15, 0.2) is 0 Å². The van der Waals surface area contributed by atoms with Crippen LogP contribution in [0.2, 0.25) is 0 Å². The lowest BCUT2D eigenvalue weighted by atomic mass is 10.2. The number of halogens is 2. The number of hydrogen-bond donors (Lipinski definition) is 0. The van der Waals surface area contributed by atoms with E-state index in [2.05, 4.69) is 30.5 Å². The Hall–Kier alpha value is -3.82. The van der Waals surface area contributed by atoms with Gasteiger partial charge in [0.1, 0.15) is 23.7 Å². The van der Waals surface area contributed by atoms with E-state index in [4.69, 9.17) is 4.74 Å². The van der Waals surface area contributed by atoms with Gasteiger partial charge in [-0.3, -0.25) is 9.97 Å². The summed E-state index contributed by atoms with van der Waals surface area (Å²) in [5, 5.41) is 16.3. The number of aromatic nitrogens is 7. The van der Waals surface area contributed by atoms with Crippen LogP contribution in [0.5, 0.6) is 5.88 Å². The fourth-order valence-electron chi connectivity index (χ4n) is 2.62. The average molecular weight is 395 g/mol. The highest BCUT2D eigenvalue weighted by Gasteiger charge is 2.14. The third-order valence-corrected chi connectivity index (χ3v) is 4.17. The van der Waals surface area contributed by atoms with Crippen molar-refractivity contribution in [3.63, 3.8) is 0 Å². The van der Waals surface area contributed by atoms with E-state index >= 15 is 0 Å². The molecule has 0 aliphatic carbocycles. The van der Waals surface area contributed by atoms with E-state index in [9.17, 15) is 8.78 Å². The van der Waals surface area contributed by atoms with Crippen LogP contribution in [0, 0.1) is 6.92 Å². The number of rotatable bonds is 6. The fourth-order valence-corrected chi connectivity index (χ4v) is 2.62. The molecule has 0 N–H and O–H groups in total. The second-order valence-corrected chi connectivity index (χ2v) is 6.06. The molecule has 0 radical (unpaired) electrons. The molecule has 10 heteroatoms. The zero-order valence-corrected chi connectivity index (χ0v) is 15.3. The lowest BCUT2D eigenvalue weighted by Crippen LogP contribution is -2.08. The first kappa shape index (κ1) is 18.5. The molecule has 0 fully saturated rings. The Morgan fingerprint density at radius 1 is 0.966 bits per heavy atom. The summed E-state index contributed by atoms with van der Waals surface area (Å²) in [6.07, 6.45) is 2.23. The van der Waals surface area contributed by atoms with Crippen molar-refractivity contribution in [1.82, 2.24) is 35.2 Å². The molecule has 146 valence electrons. The molecule has 0 aliphatic heterocycles. The summed E-state index contributed by atoms with van der Waals surface area (Å²) in [5.74, 6) is 0.317. The largest absolute Gasteiger partial charge is 0.470 e. The van der Waals surface area contributed by atoms with Gasteiger partial charge in [-0.2, -0.15) is 0 Å². The molecule has 3 aromatic heterocycles. The molecule has 0 aliphatic rings. The predicted octanol–water partition coefficient (Wildman–Crippen LogP) is 3.34. The van der Waals surface area contributed by atoms with E-state index in [0.29, 0.717) is 34.3 Å². The minimum absolute atomic E-state index is 0.0538. The molecular formula is C19H15F2N7O. The van der Waals surface area contributed by atoms with Gasteiger partial charge in [-0.05, 0) is 25.1 Å². The number of alkyl halides is 2. The molecule has 0 bridgehead atoms. The predicted molar refractivity (Wildman–Crippen MR) is 98.4 cm³/mol. The van der Waals surface area contributed by atoms with Gasteiger partial charge in [-0.15, -0.1) is 15.3 Å². The number of ether oxygens (including phenoxy) is 1. The molecule has 4 rings (SSSR count). The Morgan fingerprint density at radius 3 is 2.45 bits per heavy atom. The van der Waals surface area contributed by atoms with Gasteiger partial charge in [-0.1, -0.05) is 17.3 Å². The highest BCUT2D eigenvalue weighted by Crippen LogP contribution is 2.21. The Kier molecular flexibility index (Phi) is 5.14. The molecule has 0 saturated heterocycles. The van der Waals surface area contributed by atoms with Crippen LogP contribution < -0.4 is 4.74 Å². The first-order valence-electron chi connectivity index (χ1n) is 8.64. The summed E-state index contributed by atoms with van der Waals surface area (Å²) in [6, 6.07) is 9.26. The third-order valence-electron chi connectivity index (χ3n) is 4.17. The van der Waals surface area contributed by atoms with Crippen LogP contribution in [-0.4, -0.2) is 35.2 Å². The smallest absolute Gasteiger partial charge is 0.263 e. The summed E-state index contributed by atoms with van der Waals surface area (Å²) >= 11 is 0. The van der Waals surface area contributed by atoms with Crippen molar-refractivity contribution in [2.24, 2.45) is 0 Å². The third kappa shape index (κ3) is 4.05. The summed E-state index contributed by atoms with van der Waals surface area (Å²) in [7, 11) is 0. The minimum atomic E-state index is -2.52. The highest BCUT2D eigenvalue weighted by atomic mass is 19.3. The number of hydrogen-bond acceptors (Lipinski definition) is 7. The van der Waals surface area contributed by atoms with Gasteiger partial charge >= 0.3 is 0 Å². The van der Waals surface area contributed by atoms with Crippen molar-refractivity contribution in [3.8, 4) is 23.0 Å². The fraction of sp³-hybridized carbons (Fsp3) is 0.158. The molecule has 3 heterocycles. The Labute approximate surface area is 164 Å². The number of nitrogens with zero attached hydrogens (tertiary/aromatic N) is 7. The van der Waals surface area contributed by atoms with Gasteiger partial charge < -0.3 is 4.74 Å². The van der Waals surface area contributed by atoms with Crippen LogP contribution in [0.1, 0.15) is 23.4 Å². The maximum Gasteiger partial charge on any atom is 0.263 e. The summed E-state index contributed by atoms with van der Waals surface area (Å²) in [4.78, 5) is 8.16. The molecule has 0 atom stereocenters. The van der Waals surface area contributed by atoms with Gasteiger partial charge in [0.2, 0.25) is 5.88 Å². The van der Waals surface area contributed by atoms with Crippen LogP contribution in [0.3, 0.4) is 0 Å². The van der Waals surface area contributed by atoms with Gasteiger partial charge in [0.25, 0.3) is 6.43 Å². The average Bonchev–Trinajstić information content (AvgIpc) is 3.13. The highest BCUT2D eigenvalue weighted by molar-refractivity contribution is 5.51. The van der Waals surface area contributed by atoms with Gasteiger partial charge in [0, 0.05) is 24.0 Å².